The van der Waals surface area contributed by atoms with Gasteiger partial charge in [0.2, 0.25) is 5.88 Å². The Kier molecular flexibility index (Phi) is 2.68. The molecule has 2 rings (SSSR count). The minimum absolute atomic E-state index is 0.713. The quantitative estimate of drug-likeness (QED) is 0.692. The number of hydrogen-bond donors (Lipinski definition) is 0. The maximum Gasteiger partial charge on any atom is 0.233 e. The average Bonchev–Trinajstić information content (AvgIpc) is 2.60. The van der Waals surface area contributed by atoms with Gasteiger partial charge in [-0.05, 0) is 18.6 Å². The van der Waals surface area contributed by atoms with E-state index >= 15 is 0 Å². The van der Waals surface area contributed by atoms with Crippen LogP contribution < -0.4 is 4.74 Å². The SMILES string of the molecule is CCCCOc1cc2ccccn2n1. The first-order valence-electron chi connectivity index (χ1n) is 4.97. The number of aromatic nitrogens is 2. The fourth-order valence-electron chi connectivity index (χ4n) is 1.31. The van der Waals surface area contributed by atoms with E-state index in [1.807, 2.05) is 35.0 Å². The number of pyridine rings is 1. The van der Waals surface area contributed by atoms with E-state index in [0.29, 0.717) is 5.88 Å². The number of unbranched alkanes of at least 4 members (excludes halogenated alkanes) is 1. The molecule has 0 radical (unpaired) electrons. The molecular weight excluding hydrogens is 176 g/mol. The van der Waals surface area contributed by atoms with Gasteiger partial charge in [0.25, 0.3) is 0 Å². The lowest BCUT2D eigenvalue weighted by Crippen LogP contribution is -1.96. The summed E-state index contributed by atoms with van der Waals surface area (Å²) in [7, 11) is 0. The highest BCUT2D eigenvalue weighted by molar-refractivity contribution is 5.48. The van der Waals surface area contributed by atoms with E-state index in [1.54, 1.807) is 0 Å². The molecule has 0 aromatic carbocycles. The molecule has 2 aromatic rings. The summed E-state index contributed by atoms with van der Waals surface area (Å²) in [5.41, 5.74) is 1.07. The molecule has 2 aromatic heterocycles. The molecule has 0 aliphatic carbocycles. The summed E-state index contributed by atoms with van der Waals surface area (Å²) < 4.78 is 7.32. The third-order valence-corrected chi connectivity index (χ3v) is 2.10. The van der Waals surface area contributed by atoms with Crippen LogP contribution in [0.4, 0.5) is 0 Å². The van der Waals surface area contributed by atoms with Crippen LogP contribution in [-0.4, -0.2) is 16.2 Å². The monoisotopic (exact) mass is 190 g/mol. The topological polar surface area (TPSA) is 26.5 Å². The number of hydrogen-bond acceptors (Lipinski definition) is 2. The van der Waals surface area contributed by atoms with Crippen molar-refractivity contribution >= 4 is 5.52 Å². The van der Waals surface area contributed by atoms with E-state index in [9.17, 15) is 0 Å². The lowest BCUT2D eigenvalue weighted by atomic mass is 10.4. The first kappa shape index (κ1) is 9.06. The molecule has 0 bridgehead atoms. The lowest BCUT2D eigenvalue weighted by molar-refractivity contribution is 0.296. The molecule has 0 amide bonds. The molecule has 0 spiro atoms. The van der Waals surface area contributed by atoms with Gasteiger partial charge in [-0.25, -0.2) is 4.52 Å². The number of nitrogens with zero attached hydrogens (tertiary/aromatic N) is 2. The third-order valence-electron chi connectivity index (χ3n) is 2.10. The molecule has 0 N–H and O–H groups in total. The fourth-order valence-corrected chi connectivity index (χ4v) is 1.31. The zero-order chi connectivity index (χ0) is 9.80. The zero-order valence-corrected chi connectivity index (χ0v) is 8.31. The summed E-state index contributed by atoms with van der Waals surface area (Å²) in [6, 6.07) is 7.91. The molecule has 2 heterocycles. The van der Waals surface area contributed by atoms with Crippen LogP contribution in [0.15, 0.2) is 30.5 Å². The van der Waals surface area contributed by atoms with Crippen molar-refractivity contribution in [3.8, 4) is 5.88 Å². The summed E-state index contributed by atoms with van der Waals surface area (Å²) in [6.07, 6.45) is 4.14. The highest BCUT2D eigenvalue weighted by atomic mass is 16.5. The molecule has 3 heteroatoms. The molecule has 14 heavy (non-hydrogen) atoms. The normalized spacial score (nSPS) is 10.6. The fraction of sp³-hybridized carbons (Fsp3) is 0.364. The molecule has 0 aliphatic rings. The van der Waals surface area contributed by atoms with Crippen LogP contribution in [0, 0.1) is 0 Å². The second-order valence-corrected chi connectivity index (χ2v) is 3.25. The average molecular weight is 190 g/mol. The van der Waals surface area contributed by atoms with Gasteiger partial charge in [-0.15, -0.1) is 5.10 Å². The van der Waals surface area contributed by atoms with Crippen molar-refractivity contribution in [3.63, 3.8) is 0 Å². The van der Waals surface area contributed by atoms with Crippen LogP contribution in [0.3, 0.4) is 0 Å². The molecule has 0 aliphatic heterocycles. The van der Waals surface area contributed by atoms with Gasteiger partial charge in [-0.2, -0.15) is 0 Å². The Morgan fingerprint density at radius 1 is 1.43 bits per heavy atom. The van der Waals surface area contributed by atoms with Crippen molar-refractivity contribution in [2.24, 2.45) is 0 Å². The Balaban J connectivity index is 2.11. The zero-order valence-electron chi connectivity index (χ0n) is 8.31. The molecule has 0 fully saturated rings. The molecular formula is C11H14N2O. The molecule has 0 atom stereocenters. The van der Waals surface area contributed by atoms with Crippen molar-refractivity contribution in [2.75, 3.05) is 6.61 Å². The summed E-state index contributed by atoms with van der Waals surface area (Å²) >= 11 is 0. The van der Waals surface area contributed by atoms with Crippen LogP contribution in [0.5, 0.6) is 5.88 Å². The van der Waals surface area contributed by atoms with Crippen molar-refractivity contribution in [3.05, 3.63) is 30.5 Å². The van der Waals surface area contributed by atoms with Crippen molar-refractivity contribution < 1.29 is 4.74 Å². The Morgan fingerprint density at radius 3 is 3.14 bits per heavy atom. The Morgan fingerprint density at radius 2 is 2.36 bits per heavy atom. The standard InChI is InChI=1S/C11H14N2O/c1-2-3-8-14-11-9-10-6-4-5-7-13(10)12-11/h4-7,9H,2-3,8H2,1H3. The van der Waals surface area contributed by atoms with E-state index in [4.69, 9.17) is 4.74 Å². The first-order chi connectivity index (χ1) is 6.90. The lowest BCUT2D eigenvalue weighted by Gasteiger charge is -1.98. The van der Waals surface area contributed by atoms with Gasteiger partial charge >= 0.3 is 0 Å². The minimum atomic E-state index is 0.713. The van der Waals surface area contributed by atoms with Gasteiger partial charge in [0.15, 0.2) is 0 Å². The van der Waals surface area contributed by atoms with Gasteiger partial charge in [0, 0.05) is 12.3 Å². The maximum absolute atomic E-state index is 5.50. The Hall–Kier alpha value is -1.51. The summed E-state index contributed by atoms with van der Waals surface area (Å²) in [4.78, 5) is 0. The predicted octanol–water partition coefficient (Wildman–Crippen LogP) is 2.51. The highest BCUT2D eigenvalue weighted by Crippen LogP contribution is 2.12. The number of fused-ring (bicyclic) bond motifs is 1. The van der Waals surface area contributed by atoms with Gasteiger partial charge in [-0.3, -0.25) is 0 Å². The van der Waals surface area contributed by atoms with Gasteiger partial charge in [0.1, 0.15) is 0 Å². The molecule has 3 nitrogen and oxygen atoms in total. The molecule has 74 valence electrons. The minimum Gasteiger partial charge on any atom is -0.477 e. The summed E-state index contributed by atoms with van der Waals surface area (Å²) in [5, 5.41) is 4.28. The summed E-state index contributed by atoms with van der Waals surface area (Å²) in [5.74, 6) is 0.713. The van der Waals surface area contributed by atoms with Crippen LogP contribution in [-0.2, 0) is 0 Å². The van der Waals surface area contributed by atoms with Crippen molar-refractivity contribution in [2.45, 2.75) is 19.8 Å². The van der Waals surface area contributed by atoms with Gasteiger partial charge < -0.3 is 4.74 Å². The van der Waals surface area contributed by atoms with Gasteiger partial charge in [0.05, 0.1) is 12.1 Å². The highest BCUT2D eigenvalue weighted by Gasteiger charge is 2.00. The molecule has 0 saturated carbocycles. The first-order valence-corrected chi connectivity index (χ1v) is 4.97. The van der Waals surface area contributed by atoms with Gasteiger partial charge in [-0.1, -0.05) is 19.4 Å². The maximum atomic E-state index is 5.50. The molecule has 0 unspecified atom stereocenters. The number of rotatable bonds is 4. The molecule has 0 saturated heterocycles. The van der Waals surface area contributed by atoms with Crippen LogP contribution >= 0.6 is 0 Å². The van der Waals surface area contributed by atoms with E-state index in [2.05, 4.69) is 12.0 Å². The number of ether oxygens (including phenoxy) is 1. The van der Waals surface area contributed by atoms with E-state index in [1.165, 1.54) is 0 Å². The largest absolute Gasteiger partial charge is 0.477 e. The predicted molar refractivity (Wildman–Crippen MR) is 55.6 cm³/mol. The van der Waals surface area contributed by atoms with Crippen LogP contribution in [0.25, 0.3) is 5.52 Å². The Labute approximate surface area is 83.3 Å². The van der Waals surface area contributed by atoms with Crippen LogP contribution in [0.2, 0.25) is 0 Å². The van der Waals surface area contributed by atoms with E-state index < -0.39 is 0 Å². The smallest absolute Gasteiger partial charge is 0.233 e. The van der Waals surface area contributed by atoms with Crippen molar-refractivity contribution in [1.82, 2.24) is 9.61 Å². The summed E-state index contributed by atoms with van der Waals surface area (Å²) in [6.45, 7) is 2.90. The Bertz CT molecular complexity index is 375. The van der Waals surface area contributed by atoms with Crippen LogP contribution in [0.1, 0.15) is 19.8 Å². The third kappa shape index (κ3) is 1.87. The second-order valence-electron chi connectivity index (χ2n) is 3.25. The van der Waals surface area contributed by atoms with E-state index in [0.717, 1.165) is 25.0 Å². The van der Waals surface area contributed by atoms with E-state index in [-0.39, 0.29) is 0 Å². The van der Waals surface area contributed by atoms with Crippen molar-refractivity contribution in [1.29, 1.82) is 0 Å². The second kappa shape index (κ2) is 4.13.